The normalized spacial score (nSPS) is 23.2. The van der Waals surface area contributed by atoms with Crippen LogP contribution in [0.25, 0.3) is 22.0 Å². The Labute approximate surface area is 173 Å². The van der Waals surface area contributed by atoms with Crippen LogP contribution in [0.4, 0.5) is 0 Å². The third-order valence-electron chi connectivity index (χ3n) is 6.85. The van der Waals surface area contributed by atoms with E-state index in [-0.39, 0.29) is 18.3 Å². The fourth-order valence-corrected chi connectivity index (χ4v) is 4.29. The second-order valence-corrected chi connectivity index (χ2v) is 9.39. The number of hydrogen-bond acceptors (Lipinski definition) is 3. The lowest BCUT2D eigenvalue weighted by molar-refractivity contribution is 0.00578. The number of aromatic amines is 1. The maximum atomic E-state index is 6.21. The fourth-order valence-electron chi connectivity index (χ4n) is 4.29. The van der Waals surface area contributed by atoms with Crippen LogP contribution < -0.4 is 10.8 Å². The first-order valence-corrected chi connectivity index (χ1v) is 10.6. The van der Waals surface area contributed by atoms with Gasteiger partial charge in [0.1, 0.15) is 0 Å². The molecule has 3 aromatic rings. The first kappa shape index (κ1) is 18.9. The number of hydrogen-bond donors (Lipinski definition) is 2. The van der Waals surface area contributed by atoms with Gasteiger partial charge in [-0.15, -0.1) is 0 Å². The molecule has 150 valence electrons. The van der Waals surface area contributed by atoms with Gasteiger partial charge < -0.3 is 19.6 Å². The van der Waals surface area contributed by atoms with Crippen molar-refractivity contribution >= 4 is 23.4 Å². The van der Waals surface area contributed by atoms with Crippen LogP contribution in [0.2, 0.25) is 0 Å². The minimum absolute atomic E-state index is 0.323. The minimum Gasteiger partial charge on any atom is -0.399 e. The molecule has 2 saturated heterocycles. The smallest absolute Gasteiger partial charge is 0.399 e. The molecule has 0 aliphatic carbocycles. The predicted octanol–water partition coefficient (Wildman–Crippen LogP) is 4.56. The molecule has 5 heteroatoms. The lowest BCUT2D eigenvalue weighted by Crippen LogP contribution is -2.41. The lowest BCUT2D eigenvalue weighted by Gasteiger charge is -2.32. The van der Waals surface area contributed by atoms with E-state index in [0.717, 1.165) is 12.0 Å². The van der Waals surface area contributed by atoms with E-state index in [0.29, 0.717) is 6.04 Å². The van der Waals surface area contributed by atoms with Gasteiger partial charge in [0.25, 0.3) is 0 Å². The summed E-state index contributed by atoms with van der Waals surface area (Å²) in [5.41, 5.74) is 4.09. The molecule has 0 radical (unpaired) electrons. The Bertz CT molecular complexity index is 1030. The second-order valence-electron chi connectivity index (χ2n) is 9.39. The highest BCUT2D eigenvalue weighted by atomic mass is 16.7. The average Bonchev–Trinajstić information content (AvgIpc) is 3.41. The van der Waals surface area contributed by atoms with Crippen molar-refractivity contribution in [3.05, 3.63) is 54.2 Å². The quantitative estimate of drug-likeness (QED) is 0.647. The standard InChI is InChI=1S/C24H29BN2O2/c1-23(2)24(3,4)29-25(28-23)19-10-9-16-14-18(8-7-17(16)15-19)20-11-12-22(27-20)21-6-5-13-26-21/h7-12,14-15,21,26-27H,5-6,13H2,1-4H3/t21-/m0/s1. The van der Waals surface area contributed by atoms with Gasteiger partial charge >= 0.3 is 7.12 Å². The van der Waals surface area contributed by atoms with E-state index >= 15 is 0 Å². The van der Waals surface area contributed by atoms with Crippen molar-refractivity contribution in [3.8, 4) is 11.3 Å². The van der Waals surface area contributed by atoms with Gasteiger partial charge in [-0.1, -0.05) is 30.3 Å². The van der Waals surface area contributed by atoms with Crippen molar-refractivity contribution in [2.24, 2.45) is 0 Å². The third kappa shape index (κ3) is 3.31. The van der Waals surface area contributed by atoms with Gasteiger partial charge in [-0.3, -0.25) is 0 Å². The van der Waals surface area contributed by atoms with Crippen LogP contribution in [0.5, 0.6) is 0 Å². The number of fused-ring (bicyclic) bond motifs is 1. The zero-order valence-corrected chi connectivity index (χ0v) is 17.7. The van der Waals surface area contributed by atoms with Crippen LogP contribution in [0.15, 0.2) is 48.5 Å². The monoisotopic (exact) mass is 388 g/mol. The predicted molar refractivity (Wildman–Crippen MR) is 119 cm³/mol. The number of aromatic nitrogens is 1. The largest absolute Gasteiger partial charge is 0.494 e. The van der Waals surface area contributed by atoms with Gasteiger partial charge in [0, 0.05) is 17.4 Å². The van der Waals surface area contributed by atoms with E-state index < -0.39 is 0 Å². The number of rotatable bonds is 3. The van der Waals surface area contributed by atoms with E-state index in [9.17, 15) is 0 Å². The Morgan fingerprint density at radius 1 is 0.897 bits per heavy atom. The summed E-state index contributed by atoms with van der Waals surface area (Å²) >= 11 is 0. The average molecular weight is 388 g/mol. The molecule has 29 heavy (non-hydrogen) atoms. The first-order chi connectivity index (χ1) is 13.8. The van der Waals surface area contributed by atoms with Crippen molar-refractivity contribution in [1.29, 1.82) is 0 Å². The van der Waals surface area contributed by atoms with Crippen LogP contribution in [0.3, 0.4) is 0 Å². The zero-order chi connectivity index (χ0) is 20.2. The summed E-state index contributed by atoms with van der Waals surface area (Å²) in [7, 11) is -0.325. The summed E-state index contributed by atoms with van der Waals surface area (Å²) in [6.45, 7) is 9.47. The van der Waals surface area contributed by atoms with E-state index in [2.05, 4.69) is 86.5 Å². The van der Waals surface area contributed by atoms with E-state index in [1.165, 1.54) is 40.6 Å². The van der Waals surface area contributed by atoms with Gasteiger partial charge in [0.2, 0.25) is 0 Å². The van der Waals surface area contributed by atoms with Gasteiger partial charge in [0.05, 0.1) is 11.2 Å². The molecular formula is C24H29BN2O2. The molecule has 1 atom stereocenters. The molecule has 2 N–H and O–H groups in total. The molecule has 0 unspecified atom stereocenters. The minimum atomic E-state index is -0.325. The highest BCUT2D eigenvalue weighted by Gasteiger charge is 2.51. The molecule has 2 aliphatic heterocycles. The van der Waals surface area contributed by atoms with Gasteiger partial charge in [0.15, 0.2) is 0 Å². The van der Waals surface area contributed by atoms with Crippen molar-refractivity contribution in [2.45, 2.75) is 57.8 Å². The van der Waals surface area contributed by atoms with E-state index in [4.69, 9.17) is 9.31 Å². The van der Waals surface area contributed by atoms with Crippen LogP contribution in [0, 0.1) is 0 Å². The second kappa shape index (κ2) is 6.73. The van der Waals surface area contributed by atoms with Gasteiger partial charge in [-0.25, -0.2) is 0 Å². The van der Waals surface area contributed by atoms with Crippen LogP contribution in [0.1, 0.15) is 52.3 Å². The Morgan fingerprint density at radius 2 is 1.62 bits per heavy atom. The zero-order valence-electron chi connectivity index (χ0n) is 17.7. The molecule has 0 saturated carbocycles. The molecule has 2 fully saturated rings. The molecular weight excluding hydrogens is 359 g/mol. The Kier molecular flexibility index (Phi) is 4.39. The maximum Gasteiger partial charge on any atom is 0.494 e. The van der Waals surface area contributed by atoms with Crippen molar-refractivity contribution in [1.82, 2.24) is 10.3 Å². The van der Waals surface area contributed by atoms with Gasteiger partial charge in [-0.2, -0.15) is 0 Å². The molecule has 2 aromatic carbocycles. The summed E-state index contributed by atoms with van der Waals surface area (Å²) in [5, 5.41) is 5.98. The fraction of sp³-hybridized carbons (Fsp3) is 0.417. The Hall–Kier alpha value is -2.08. The third-order valence-corrected chi connectivity index (χ3v) is 6.85. The number of H-pyrrole nitrogens is 1. The van der Waals surface area contributed by atoms with Crippen LogP contribution in [-0.2, 0) is 9.31 Å². The summed E-state index contributed by atoms with van der Waals surface area (Å²) in [6, 6.07) is 18.0. The topological polar surface area (TPSA) is 46.3 Å². The molecule has 0 amide bonds. The number of benzene rings is 2. The molecule has 3 heterocycles. The summed E-state index contributed by atoms with van der Waals surface area (Å²) < 4.78 is 12.4. The summed E-state index contributed by atoms with van der Waals surface area (Å²) in [6.07, 6.45) is 2.46. The molecule has 5 rings (SSSR count). The molecule has 1 aromatic heterocycles. The van der Waals surface area contributed by atoms with Crippen molar-refractivity contribution in [3.63, 3.8) is 0 Å². The Morgan fingerprint density at radius 3 is 2.34 bits per heavy atom. The van der Waals surface area contributed by atoms with Gasteiger partial charge in [-0.05, 0) is 87.1 Å². The van der Waals surface area contributed by atoms with E-state index in [1.54, 1.807) is 0 Å². The lowest BCUT2D eigenvalue weighted by atomic mass is 9.78. The van der Waals surface area contributed by atoms with Crippen molar-refractivity contribution in [2.75, 3.05) is 6.54 Å². The van der Waals surface area contributed by atoms with Crippen molar-refractivity contribution < 1.29 is 9.31 Å². The molecule has 0 spiro atoms. The van der Waals surface area contributed by atoms with E-state index in [1.807, 2.05) is 0 Å². The van der Waals surface area contributed by atoms with Crippen LogP contribution in [-0.4, -0.2) is 29.8 Å². The molecule has 2 aliphatic rings. The highest BCUT2D eigenvalue weighted by molar-refractivity contribution is 6.62. The maximum absolute atomic E-state index is 6.21. The molecule has 4 nitrogen and oxygen atoms in total. The Balaban J connectivity index is 1.42. The highest BCUT2D eigenvalue weighted by Crippen LogP contribution is 2.36. The SMILES string of the molecule is CC1(C)OB(c2ccc3cc(-c4ccc([C@@H]5CCCN5)[nH]4)ccc3c2)OC1(C)C. The first-order valence-electron chi connectivity index (χ1n) is 10.6. The summed E-state index contributed by atoms with van der Waals surface area (Å²) in [5.74, 6) is 0. The van der Waals surface area contributed by atoms with Crippen LogP contribution >= 0.6 is 0 Å². The summed E-state index contributed by atoms with van der Waals surface area (Å²) in [4.78, 5) is 3.61. The molecule has 0 bridgehead atoms. The number of nitrogens with one attached hydrogen (secondary N) is 2.